The minimum atomic E-state index is -3.71. The minimum absolute atomic E-state index is 0.0378. The number of aromatic nitrogens is 1. The van der Waals surface area contributed by atoms with Gasteiger partial charge in [0.25, 0.3) is 0 Å². The van der Waals surface area contributed by atoms with Crippen LogP contribution in [0.3, 0.4) is 0 Å². The molecule has 9 heteroatoms. The summed E-state index contributed by atoms with van der Waals surface area (Å²) in [4.78, 5) is 4.83. The van der Waals surface area contributed by atoms with Gasteiger partial charge in [-0.15, -0.1) is 11.3 Å². The quantitative estimate of drug-likeness (QED) is 0.643. The zero-order valence-electron chi connectivity index (χ0n) is 9.45. The van der Waals surface area contributed by atoms with Crippen molar-refractivity contribution in [3.8, 4) is 0 Å². The Morgan fingerprint density at radius 2 is 2.26 bits per heavy atom. The van der Waals surface area contributed by atoms with Crippen LogP contribution in [0.25, 0.3) is 0 Å². The fourth-order valence-corrected chi connectivity index (χ4v) is 2.93. The number of nitrogens with zero attached hydrogens (tertiary/aromatic N) is 2. The van der Waals surface area contributed by atoms with Crippen LogP contribution in [0.4, 0.5) is 5.82 Å². The van der Waals surface area contributed by atoms with Crippen molar-refractivity contribution in [2.24, 2.45) is 10.2 Å². The topological polar surface area (TPSA) is 97.4 Å². The molecule has 0 aliphatic carbocycles. The van der Waals surface area contributed by atoms with Crippen molar-refractivity contribution in [2.45, 2.75) is 4.90 Å². The molecule has 0 amide bonds. The number of pyridine rings is 1. The standard InChI is InChI=1S/C10H9BrN4O2S2/c11-7-3-8(18-6-7)4-14-15-10-2-1-9(5-13-10)19(12,16)17/h1-6H,(H,13,15)(H2,12,16,17). The highest BCUT2D eigenvalue weighted by Gasteiger charge is 2.07. The molecule has 0 unspecified atom stereocenters. The Bertz CT molecular complexity index is 695. The summed E-state index contributed by atoms with van der Waals surface area (Å²) < 4.78 is 23.1. The molecule has 0 fully saturated rings. The molecule has 0 aromatic carbocycles. The average molecular weight is 361 g/mol. The summed E-state index contributed by atoms with van der Waals surface area (Å²) in [5, 5.41) is 10.9. The summed E-state index contributed by atoms with van der Waals surface area (Å²) in [7, 11) is -3.71. The second-order valence-electron chi connectivity index (χ2n) is 3.46. The average Bonchev–Trinajstić information content (AvgIpc) is 2.75. The first-order valence-corrected chi connectivity index (χ1v) is 8.19. The van der Waals surface area contributed by atoms with Gasteiger partial charge in [0, 0.05) is 20.9 Å². The van der Waals surface area contributed by atoms with E-state index >= 15 is 0 Å². The Morgan fingerprint density at radius 1 is 1.47 bits per heavy atom. The first kappa shape index (κ1) is 14.1. The van der Waals surface area contributed by atoms with Gasteiger partial charge in [0.2, 0.25) is 10.0 Å². The SMILES string of the molecule is NS(=O)(=O)c1ccc(NN=Cc2cc(Br)cs2)nc1. The summed E-state index contributed by atoms with van der Waals surface area (Å²) in [5.74, 6) is 0.430. The number of thiophene rings is 1. The summed E-state index contributed by atoms with van der Waals surface area (Å²) in [6.45, 7) is 0. The lowest BCUT2D eigenvalue weighted by molar-refractivity contribution is 0.597. The van der Waals surface area contributed by atoms with Crippen LogP contribution in [0, 0.1) is 0 Å². The lowest BCUT2D eigenvalue weighted by atomic mass is 10.5. The van der Waals surface area contributed by atoms with Crippen LogP contribution in [-0.4, -0.2) is 19.6 Å². The van der Waals surface area contributed by atoms with E-state index in [2.05, 4.69) is 31.4 Å². The number of hydrazone groups is 1. The Kier molecular flexibility index (Phi) is 4.30. The predicted octanol–water partition coefficient (Wildman–Crippen LogP) is 2.00. The van der Waals surface area contributed by atoms with Gasteiger partial charge in [-0.1, -0.05) is 0 Å². The third kappa shape index (κ3) is 4.10. The third-order valence-electron chi connectivity index (χ3n) is 2.02. The normalized spacial score (nSPS) is 11.9. The van der Waals surface area contributed by atoms with E-state index in [0.29, 0.717) is 5.82 Å². The van der Waals surface area contributed by atoms with Gasteiger partial charge in [-0.05, 0) is 34.1 Å². The molecule has 0 aliphatic rings. The number of halogens is 1. The molecular weight excluding hydrogens is 352 g/mol. The van der Waals surface area contributed by atoms with E-state index in [4.69, 9.17) is 5.14 Å². The molecule has 6 nitrogen and oxygen atoms in total. The smallest absolute Gasteiger partial charge is 0.239 e. The Morgan fingerprint density at radius 3 is 2.79 bits per heavy atom. The van der Waals surface area contributed by atoms with Gasteiger partial charge in [0.05, 0.1) is 6.21 Å². The Labute approximate surface area is 122 Å². The van der Waals surface area contributed by atoms with E-state index in [1.54, 1.807) is 6.21 Å². The molecule has 0 bridgehead atoms. The number of nitrogens with one attached hydrogen (secondary N) is 1. The minimum Gasteiger partial charge on any atom is -0.261 e. The zero-order valence-corrected chi connectivity index (χ0v) is 12.7. The molecule has 2 rings (SSSR count). The monoisotopic (exact) mass is 360 g/mol. The number of hydrogen-bond donors (Lipinski definition) is 2. The highest BCUT2D eigenvalue weighted by Crippen LogP contribution is 2.18. The van der Waals surface area contributed by atoms with Gasteiger partial charge in [-0.3, -0.25) is 5.43 Å². The third-order valence-corrected chi connectivity index (χ3v) is 4.55. The summed E-state index contributed by atoms with van der Waals surface area (Å²) in [6, 6.07) is 4.77. The number of rotatable bonds is 4. The largest absolute Gasteiger partial charge is 0.261 e. The van der Waals surface area contributed by atoms with Crippen molar-refractivity contribution in [2.75, 3.05) is 5.43 Å². The number of hydrogen-bond acceptors (Lipinski definition) is 6. The zero-order chi connectivity index (χ0) is 13.9. The first-order valence-electron chi connectivity index (χ1n) is 4.97. The summed E-state index contributed by atoms with van der Waals surface area (Å²) in [6.07, 6.45) is 2.82. The van der Waals surface area contributed by atoms with Crippen molar-refractivity contribution in [3.05, 3.63) is 39.1 Å². The second kappa shape index (κ2) is 5.78. The van der Waals surface area contributed by atoms with Gasteiger partial charge in [-0.25, -0.2) is 18.5 Å². The highest BCUT2D eigenvalue weighted by atomic mass is 79.9. The molecule has 2 heterocycles. The van der Waals surface area contributed by atoms with Crippen LogP contribution < -0.4 is 10.6 Å². The maximum Gasteiger partial charge on any atom is 0.239 e. The highest BCUT2D eigenvalue weighted by molar-refractivity contribution is 9.10. The molecule has 0 aliphatic heterocycles. The molecule has 2 aromatic rings. The van der Waals surface area contributed by atoms with Crippen LogP contribution in [0.5, 0.6) is 0 Å². The molecular formula is C10H9BrN4O2S2. The maximum atomic E-state index is 11.0. The van der Waals surface area contributed by atoms with Crippen molar-refractivity contribution >= 4 is 49.3 Å². The number of primary sulfonamides is 1. The first-order chi connectivity index (χ1) is 8.95. The Balaban J connectivity index is 2.02. The van der Waals surface area contributed by atoms with Gasteiger partial charge >= 0.3 is 0 Å². The molecule has 0 saturated heterocycles. The fraction of sp³-hybridized carbons (Fsp3) is 0. The van der Waals surface area contributed by atoms with E-state index in [-0.39, 0.29) is 4.90 Å². The van der Waals surface area contributed by atoms with E-state index in [0.717, 1.165) is 9.35 Å². The molecule has 100 valence electrons. The molecule has 3 N–H and O–H groups in total. The van der Waals surface area contributed by atoms with Crippen molar-refractivity contribution < 1.29 is 8.42 Å². The Hall–Kier alpha value is -1.29. The second-order valence-corrected chi connectivity index (χ2v) is 6.88. The van der Waals surface area contributed by atoms with Gasteiger partial charge in [-0.2, -0.15) is 5.10 Å². The predicted molar refractivity (Wildman–Crippen MR) is 78.8 cm³/mol. The van der Waals surface area contributed by atoms with Crippen molar-refractivity contribution in [1.82, 2.24) is 4.98 Å². The lowest BCUT2D eigenvalue weighted by Gasteiger charge is -2.00. The molecule has 0 atom stereocenters. The lowest BCUT2D eigenvalue weighted by Crippen LogP contribution is -2.12. The maximum absolute atomic E-state index is 11.0. The van der Waals surface area contributed by atoms with E-state index in [1.807, 2.05) is 11.4 Å². The number of sulfonamides is 1. The van der Waals surface area contributed by atoms with E-state index < -0.39 is 10.0 Å². The summed E-state index contributed by atoms with van der Waals surface area (Å²) in [5.41, 5.74) is 2.70. The van der Waals surface area contributed by atoms with E-state index in [1.165, 1.54) is 29.7 Å². The molecule has 0 spiro atoms. The van der Waals surface area contributed by atoms with Crippen LogP contribution in [0.15, 0.2) is 44.2 Å². The molecule has 19 heavy (non-hydrogen) atoms. The van der Waals surface area contributed by atoms with Crippen molar-refractivity contribution in [3.63, 3.8) is 0 Å². The molecule has 2 aromatic heterocycles. The summed E-state index contributed by atoms with van der Waals surface area (Å²) >= 11 is 4.88. The van der Waals surface area contributed by atoms with Crippen LogP contribution in [0.2, 0.25) is 0 Å². The van der Waals surface area contributed by atoms with Gasteiger partial charge < -0.3 is 0 Å². The fourth-order valence-electron chi connectivity index (χ4n) is 1.17. The van der Waals surface area contributed by atoms with Crippen LogP contribution in [0.1, 0.15) is 4.88 Å². The molecule has 0 radical (unpaired) electrons. The van der Waals surface area contributed by atoms with E-state index in [9.17, 15) is 8.42 Å². The van der Waals surface area contributed by atoms with Crippen molar-refractivity contribution in [1.29, 1.82) is 0 Å². The molecule has 0 saturated carbocycles. The van der Waals surface area contributed by atoms with Gasteiger partial charge in [0.15, 0.2) is 0 Å². The van der Waals surface area contributed by atoms with Gasteiger partial charge in [0.1, 0.15) is 10.7 Å². The van der Waals surface area contributed by atoms with Crippen LogP contribution in [-0.2, 0) is 10.0 Å². The number of nitrogens with two attached hydrogens (primary N) is 1. The van der Waals surface area contributed by atoms with Crippen LogP contribution >= 0.6 is 27.3 Å². The number of anilines is 1.